The van der Waals surface area contributed by atoms with Gasteiger partial charge in [-0.25, -0.2) is 9.97 Å². The van der Waals surface area contributed by atoms with E-state index in [1.54, 1.807) is 0 Å². The lowest BCUT2D eigenvalue weighted by atomic mass is 9.93. The Morgan fingerprint density at radius 3 is 2.56 bits per heavy atom. The molecule has 0 bridgehead atoms. The third-order valence-corrected chi connectivity index (χ3v) is 3.75. The van der Waals surface area contributed by atoms with E-state index in [4.69, 9.17) is 11.6 Å². The summed E-state index contributed by atoms with van der Waals surface area (Å²) in [6.07, 6.45) is 5.01. The average molecular weight is 270 g/mol. The van der Waals surface area contributed by atoms with E-state index >= 15 is 0 Å². The molecule has 0 saturated heterocycles. The number of anilines is 1. The van der Waals surface area contributed by atoms with Crippen molar-refractivity contribution in [3.05, 3.63) is 17.0 Å². The van der Waals surface area contributed by atoms with Gasteiger partial charge >= 0.3 is 0 Å². The molecule has 2 N–H and O–H groups in total. The number of halogens is 1. The van der Waals surface area contributed by atoms with E-state index in [0.29, 0.717) is 11.2 Å². The number of aromatic nitrogens is 2. The van der Waals surface area contributed by atoms with Crippen LogP contribution in [-0.4, -0.2) is 27.2 Å². The van der Waals surface area contributed by atoms with Gasteiger partial charge in [-0.3, -0.25) is 0 Å². The highest BCUT2D eigenvalue weighted by molar-refractivity contribution is 6.30. The molecule has 5 heteroatoms. The van der Waals surface area contributed by atoms with Crippen molar-refractivity contribution in [3.8, 4) is 0 Å². The minimum Gasteiger partial charge on any atom is -0.393 e. The predicted molar refractivity (Wildman–Crippen MR) is 73.0 cm³/mol. The number of nitrogens with zero attached hydrogens (tertiary/aromatic N) is 2. The van der Waals surface area contributed by atoms with Gasteiger partial charge in [0.05, 0.1) is 6.10 Å². The molecule has 0 aromatic carbocycles. The van der Waals surface area contributed by atoms with Crippen LogP contribution in [0.4, 0.5) is 5.82 Å². The van der Waals surface area contributed by atoms with E-state index in [1.807, 2.05) is 0 Å². The lowest BCUT2D eigenvalue weighted by Gasteiger charge is -2.27. The van der Waals surface area contributed by atoms with E-state index in [0.717, 1.165) is 37.1 Å². The molecule has 0 atom stereocenters. The van der Waals surface area contributed by atoms with Crippen LogP contribution in [0.5, 0.6) is 0 Å². The topological polar surface area (TPSA) is 58.0 Å². The molecule has 1 aromatic heterocycles. The second-order valence-corrected chi connectivity index (χ2v) is 5.59. The summed E-state index contributed by atoms with van der Waals surface area (Å²) < 4.78 is 0. The first kappa shape index (κ1) is 13.6. The van der Waals surface area contributed by atoms with Gasteiger partial charge in [0.25, 0.3) is 0 Å². The van der Waals surface area contributed by atoms with Crippen molar-refractivity contribution in [1.29, 1.82) is 0 Å². The molecule has 1 aliphatic carbocycles. The number of hydrogen-bond acceptors (Lipinski definition) is 4. The Labute approximate surface area is 113 Å². The zero-order valence-corrected chi connectivity index (χ0v) is 11.6. The summed E-state index contributed by atoms with van der Waals surface area (Å²) >= 11 is 6.13. The van der Waals surface area contributed by atoms with E-state index < -0.39 is 0 Å². The van der Waals surface area contributed by atoms with Crippen LogP contribution in [0, 0.1) is 0 Å². The fraction of sp³-hybridized carbons (Fsp3) is 0.692. The predicted octanol–water partition coefficient (Wildman–Crippen LogP) is 2.97. The largest absolute Gasteiger partial charge is 0.393 e. The fourth-order valence-corrected chi connectivity index (χ4v) is 2.77. The van der Waals surface area contributed by atoms with Gasteiger partial charge in [0, 0.05) is 11.6 Å². The Kier molecular flexibility index (Phi) is 4.40. The molecule has 0 spiro atoms. The molecule has 0 aliphatic heterocycles. The molecule has 0 unspecified atom stereocenters. The Hall–Kier alpha value is -0.870. The molecule has 18 heavy (non-hydrogen) atoms. The molecule has 4 nitrogen and oxygen atoms in total. The maximum absolute atomic E-state index is 9.51. The Morgan fingerprint density at radius 2 is 1.94 bits per heavy atom. The number of aliphatic hydroxyl groups is 1. The maximum Gasteiger partial charge on any atom is 0.138 e. The number of aliphatic hydroxyl groups excluding tert-OH is 1. The number of hydrogen-bond donors (Lipinski definition) is 2. The highest BCUT2D eigenvalue weighted by Gasteiger charge is 2.21. The Bertz CT molecular complexity index is 403. The monoisotopic (exact) mass is 269 g/mol. The summed E-state index contributed by atoms with van der Waals surface area (Å²) in [4.78, 5) is 8.35. The molecular formula is C13H20ClN3O. The molecule has 1 fully saturated rings. The molecule has 1 heterocycles. The van der Waals surface area contributed by atoms with Gasteiger partial charge in [-0.1, -0.05) is 25.4 Å². The van der Waals surface area contributed by atoms with Gasteiger partial charge in [-0.15, -0.1) is 0 Å². The van der Waals surface area contributed by atoms with Crippen LogP contribution in [0.15, 0.2) is 6.33 Å². The summed E-state index contributed by atoms with van der Waals surface area (Å²) in [6, 6.07) is 0.372. The van der Waals surface area contributed by atoms with Crippen LogP contribution in [-0.2, 0) is 0 Å². The zero-order chi connectivity index (χ0) is 13.1. The first-order valence-electron chi connectivity index (χ1n) is 6.53. The maximum atomic E-state index is 9.51. The van der Waals surface area contributed by atoms with E-state index in [1.165, 1.54) is 6.33 Å². The summed E-state index contributed by atoms with van der Waals surface area (Å²) in [5.74, 6) is 1.13. The van der Waals surface area contributed by atoms with Gasteiger partial charge in [0.1, 0.15) is 17.3 Å². The van der Waals surface area contributed by atoms with Crippen LogP contribution in [0.3, 0.4) is 0 Å². The minimum atomic E-state index is -0.137. The Morgan fingerprint density at radius 1 is 1.28 bits per heavy atom. The molecule has 1 aliphatic rings. The second-order valence-electron chi connectivity index (χ2n) is 5.23. The summed E-state index contributed by atoms with van der Waals surface area (Å²) in [5.41, 5.74) is 0.977. The van der Waals surface area contributed by atoms with E-state index in [9.17, 15) is 5.11 Å². The van der Waals surface area contributed by atoms with Gasteiger partial charge in [0.2, 0.25) is 0 Å². The molecular weight excluding hydrogens is 250 g/mol. The first-order valence-corrected chi connectivity index (χ1v) is 6.90. The molecule has 1 saturated carbocycles. The third-order valence-electron chi connectivity index (χ3n) is 3.45. The SMILES string of the molecule is CC(C)c1c(Cl)ncnc1NC1CCC(O)CC1. The fourth-order valence-electron chi connectivity index (χ4n) is 2.41. The lowest BCUT2D eigenvalue weighted by Crippen LogP contribution is -2.29. The van der Waals surface area contributed by atoms with E-state index in [-0.39, 0.29) is 12.0 Å². The minimum absolute atomic E-state index is 0.137. The van der Waals surface area contributed by atoms with Crippen molar-refractivity contribution in [2.75, 3.05) is 5.32 Å². The van der Waals surface area contributed by atoms with Crippen LogP contribution in [0.1, 0.15) is 51.0 Å². The van der Waals surface area contributed by atoms with Crippen LogP contribution < -0.4 is 5.32 Å². The summed E-state index contributed by atoms with van der Waals surface area (Å²) in [7, 11) is 0. The van der Waals surface area contributed by atoms with Crippen LogP contribution in [0.2, 0.25) is 5.15 Å². The third kappa shape index (κ3) is 3.12. The molecule has 1 aromatic rings. The second kappa shape index (κ2) is 5.85. The quantitative estimate of drug-likeness (QED) is 0.829. The van der Waals surface area contributed by atoms with Crippen molar-refractivity contribution >= 4 is 17.4 Å². The van der Waals surface area contributed by atoms with Crippen LogP contribution >= 0.6 is 11.6 Å². The summed E-state index contributed by atoms with van der Waals surface area (Å²) in [6.45, 7) is 4.17. The standard InChI is InChI=1S/C13H20ClN3O/c1-8(2)11-12(14)15-7-16-13(11)17-9-3-5-10(18)6-4-9/h7-10,18H,3-6H2,1-2H3,(H,15,16,17). The van der Waals surface area contributed by atoms with Gasteiger partial charge in [-0.2, -0.15) is 0 Å². The zero-order valence-electron chi connectivity index (χ0n) is 10.9. The highest BCUT2D eigenvalue weighted by Crippen LogP contribution is 2.30. The van der Waals surface area contributed by atoms with Crippen LogP contribution in [0.25, 0.3) is 0 Å². The molecule has 0 amide bonds. The van der Waals surface area contributed by atoms with Crippen molar-refractivity contribution in [1.82, 2.24) is 9.97 Å². The smallest absolute Gasteiger partial charge is 0.138 e. The number of rotatable bonds is 3. The highest BCUT2D eigenvalue weighted by atomic mass is 35.5. The number of nitrogens with one attached hydrogen (secondary N) is 1. The average Bonchev–Trinajstić information content (AvgIpc) is 2.32. The van der Waals surface area contributed by atoms with Crippen molar-refractivity contribution < 1.29 is 5.11 Å². The van der Waals surface area contributed by atoms with Gasteiger partial charge in [0.15, 0.2) is 0 Å². The molecule has 100 valence electrons. The lowest BCUT2D eigenvalue weighted by molar-refractivity contribution is 0.126. The molecule has 2 rings (SSSR count). The van der Waals surface area contributed by atoms with E-state index in [2.05, 4.69) is 29.1 Å². The Balaban J connectivity index is 2.11. The van der Waals surface area contributed by atoms with Gasteiger partial charge < -0.3 is 10.4 Å². The van der Waals surface area contributed by atoms with Crippen molar-refractivity contribution in [2.45, 2.75) is 57.6 Å². The van der Waals surface area contributed by atoms with Crippen molar-refractivity contribution in [2.24, 2.45) is 0 Å². The summed E-state index contributed by atoms with van der Waals surface area (Å²) in [5, 5.41) is 13.5. The molecule has 0 radical (unpaired) electrons. The normalized spacial score (nSPS) is 24.3. The van der Waals surface area contributed by atoms with Crippen molar-refractivity contribution in [3.63, 3.8) is 0 Å². The first-order chi connectivity index (χ1) is 8.58. The van der Waals surface area contributed by atoms with Gasteiger partial charge in [-0.05, 0) is 31.6 Å².